The summed E-state index contributed by atoms with van der Waals surface area (Å²) in [6.07, 6.45) is 3.71. The summed E-state index contributed by atoms with van der Waals surface area (Å²) in [7, 11) is 0. The molecule has 0 aliphatic rings. The van der Waals surface area contributed by atoms with Crippen molar-refractivity contribution >= 4 is 5.78 Å². The molecule has 2 aromatic rings. The molecule has 0 unspecified atom stereocenters. The van der Waals surface area contributed by atoms with Crippen LogP contribution in [0.4, 0.5) is 0 Å². The fraction of sp³-hybridized carbons (Fsp3) is 0.333. The average Bonchev–Trinajstić information content (AvgIpc) is 2.77. The molecule has 1 heterocycles. The van der Waals surface area contributed by atoms with Crippen LogP contribution in [0, 0.1) is 13.8 Å². The smallest absolute Gasteiger partial charge is 0.159 e. The Morgan fingerprint density at radius 2 is 2.16 bits per heavy atom. The molecule has 19 heavy (non-hydrogen) atoms. The zero-order valence-corrected chi connectivity index (χ0v) is 11.5. The van der Waals surface area contributed by atoms with Crippen LogP contribution in [0.15, 0.2) is 30.6 Å². The second-order valence-corrected chi connectivity index (χ2v) is 4.55. The Morgan fingerprint density at radius 1 is 1.37 bits per heavy atom. The summed E-state index contributed by atoms with van der Waals surface area (Å²) < 4.78 is 7.78. The molecule has 0 saturated heterocycles. The van der Waals surface area contributed by atoms with Gasteiger partial charge in [-0.05, 0) is 44.5 Å². The van der Waals surface area contributed by atoms with Crippen LogP contribution in [0.1, 0.15) is 28.7 Å². The van der Waals surface area contributed by atoms with Gasteiger partial charge >= 0.3 is 0 Å². The van der Waals surface area contributed by atoms with Gasteiger partial charge in [0.15, 0.2) is 5.78 Å². The maximum atomic E-state index is 11.3. The predicted octanol–water partition coefficient (Wildman–Crippen LogP) is 2.78. The Labute approximate surface area is 113 Å². The van der Waals surface area contributed by atoms with Gasteiger partial charge < -0.3 is 9.30 Å². The van der Waals surface area contributed by atoms with E-state index in [9.17, 15) is 4.79 Å². The number of benzene rings is 1. The lowest BCUT2D eigenvalue weighted by molar-refractivity contribution is 0.101. The van der Waals surface area contributed by atoms with E-state index in [1.165, 1.54) is 0 Å². The van der Waals surface area contributed by atoms with Gasteiger partial charge in [-0.1, -0.05) is 0 Å². The van der Waals surface area contributed by atoms with E-state index in [0.29, 0.717) is 6.61 Å². The molecule has 1 aromatic carbocycles. The zero-order valence-electron chi connectivity index (χ0n) is 11.5. The van der Waals surface area contributed by atoms with Gasteiger partial charge in [0.25, 0.3) is 0 Å². The van der Waals surface area contributed by atoms with E-state index in [-0.39, 0.29) is 5.78 Å². The Kier molecular flexibility index (Phi) is 4.00. The average molecular weight is 258 g/mol. The fourth-order valence-electron chi connectivity index (χ4n) is 1.92. The number of hydrogen-bond acceptors (Lipinski definition) is 3. The highest BCUT2D eigenvalue weighted by Crippen LogP contribution is 2.19. The van der Waals surface area contributed by atoms with Crippen LogP contribution in [0.5, 0.6) is 5.75 Å². The van der Waals surface area contributed by atoms with Crippen LogP contribution in [-0.2, 0) is 6.54 Å². The number of ketones is 1. The van der Waals surface area contributed by atoms with Crippen molar-refractivity contribution in [3.63, 3.8) is 0 Å². The molecule has 0 fully saturated rings. The molecule has 0 aliphatic heterocycles. The lowest BCUT2D eigenvalue weighted by Crippen LogP contribution is -2.09. The first kappa shape index (κ1) is 13.3. The molecule has 0 saturated carbocycles. The third-order valence-corrected chi connectivity index (χ3v) is 3.09. The van der Waals surface area contributed by atoms with Gasteiger partial charge in [0.1, 0.15) is 18.2 Å². The number of carbonyl (C=O) groups excluding carboxylic acids is 1. The number of Topliss-reactive ketones (excluding diaryl/α,β-unsaturated/α-hetero) is 1. The Balaban J connectivity index is 1.96. The van der Waals surface area contributed by atoms with Crippen LogP contribution in [0.2, 0.25) is 0 Å². The normalized spacial score (nSPS) is 10.5. The van der Waals surface area contributed by atoms with Crippen LogP contribution in [0.3, 0.4) is 0 Å². The first-order valence-corrected chi connectivity index (χ1v) is 6.30. The van der Waals surface area contributed by atoms with Gasteiger partial charge in [0.05, 0.1) is 6.54 Å². The molecule has 4 heteroatoms. The van der Waals surface area contributed by atoms with Crippen molar-refractivity contribution in [2.24, 2.45) is 0 Å². The second kappa shape index (κ2) is 5.69. The maximum absolute atomic E-state index is 11.3. The van der Waals surface area contributed by atoms with Gasteiger partial charge in [-0.3, -0.25) is 4.79 Å². The molecule has 1 aromatic heterocycles. The topological polar surface area (TPSA) is 44.1 Å². The van der Waals surface area contributed by atoms with E-state index in [0.717, 1.165) is 29.2 Å². The van der Waals surface area contributed by atoms with Gasteiger partial charge in [-0.15, -0.1) is 0 Å². The number of aryl methyl sites for hydroxylation is 2. The number of nitrogens with zero attached hydrogens (tertiary/aromatic N) is 2. The molecular formula is C15H18N2O2. The molecule has 0 radical (unpaired) electrons. The van der Waals surface area contributed by atoms with E-state index >= 15 is 0 Å². The van der Waals surface area contributed by atoms with Gasteiger partial charge in [0.2, 0.25) is 0 Å². The monoisotopic (exact) mass is 258 g/mol. The SMILES string of the molecule is CC(=O)c1ccc(OCCn2ccnc2C)c(C)c1. The van der Waals surface area contributed by atoms with Crippen LogP contribution >= 0.6 is 0 Å². The number of imidazole rings is 1. The van der Waals surface area contributed by atoms with Crippen molar-refractivity contribution in [3.8, 4) is 5.75 Å². The van der Waals surface area contributed by atoms with E-state index in [1.807, 2.05) is 36.7 Å². The summed E-state index contributed by atoms with van der Waals surface area (Å²) >= 11 is 0. The standard InChI is InChI=1S/C15H18N2O2/c1-11-10-14(12(2)18)4-5-15(11)19-9-8-17-7-6-16-13(17)3/h4-7,10H,8-9H2,1-3H3. The molecule has 0 spiro atoms. The number of rotatable bonds is 5. The molecule has 0 N–H and O–H groups in total. The highest BCUT2D eigenvalue weighted by molar-refractivity contribution is 5.94. The minimum atomic E-state index is 0.0729. The quantitative estimate of drug-likeness (QED) is 0.775. The Morgan fingerprint density at radius 3 is 2.74 bits per heavy atom. The zero-order chi connectivity index (χ0) is 13.8. The van der Waals surface area contributed by atoms with Crippen LogP contribution < -0.4 is 4.74 Å². The molecular weight excluding hydrogens is 240 g/mol. The van der Waals surface area contributed by atoms with Crippen LogP contribution in [0.25, 0.3) is 0 Å². The predicted molar refractivity (Wildman–Crippen MR) is 73.6 cm³/mol. The minimum Gasteiger partial charge on any atom is -0.491 e. The van der Waals surface area contributed by atoms with Crippen molar-refractivity contribution in [1.82, 2.24) is 9.55 Å². The molecule has 0 bridgehead atoms. The number of carbonyl (C=O) groups is 1. The highest BCUT2D eigenvalue weighted by Gasteiger charge is 2.04. The number of ether oxygens (including phenoxy) is 1. The van der Waals surface area contributed by atoms with Gasteiger partial charge in [0, 0.05) is 18.0 Å². The first-order valence-electron chi connectivity index (χ1n) is 6.30. The summed E-state index contributed by atoms with van der Waals surface area (Å²) in [6, 6.07) is 5.51. The molecule has 2 rings (SSSR count). The van der Waals surface area contributed by atoms with Crippen molar-refractivity contribution < 1.29 is 9.53 Å². The van der Waals surface area contributed by atoms with Gasteiger partial charge in [-0.25, -0.2) is 4.98 Å². The molecule has 0 aliphatic carbocycles. The largest absolute Gasteiger partial charge is 0.491 e. The Hall–Kier alpha value is -2.10. The summed E-state index contributed by atoms with van der Waals surface area (Å²) in [6.45, 7) is 6.82. The van der Waals surface area contributed by atoms with E-state index in [2.05, 4.69) is 4.98 Å². The summed E-state index contributed by atoms with van der Waals surface area (Å²) in [5.41, 5.74) is 1.70. The molecule has 100 valence electrons. The van der Waals surface area contributed by atoms with Crippen molar-refractivity contribution in [2.45, 2.75) is 27.3 Å². The van der Waals surface area contributed by atoms with E-state index < -0.39 is 0 Å². The van der Waals surface area contributed by atoms with Crippen molar-refractivity contribution in [2.75, 3.05) is 6.61 Å². The lowest BCUT2D eigenvalue weighted by atomic mass is 10.1. The summed E-state index contributed by atoms with van der Waals surface area (Å²) in [4.78, 5) is 15.4. The van der Waals surface area contributed by atoms with Crippen molar-refractivity contribution in [1.29, 1.82) is 0 Å². The molecule has 0 atom stereocenters. The lowest BCUT2D eigenvalue weighted by Gasteiger charge is -2.11. The van der Waals surface area contributed by atoms with E-state index in [4.69, 9.17) is 4.74 Å². The van der Waals surface area contributed by atoms with Gasteiger partial charge in [-0.2, -0.15) is 0 Å². The summed E-state index contributed by atoms with van der Waals surface area (Å²) in [5.74, 6) is 1.87. The number of hydrogen-bond donors (Lipinski definition) is 0. The van der Waals surface area contributed by atoms with Crippen molar-refractivity contribution in [3.05, 3.63) is 47.5 Å². The maximum Gasteiger partial charge on any atom is 0.159 e. The third kappa shape index (κ3) is 3.22. The minimum absolute atomic E-state index is 0.0729. The second-order valence-electron chi connectivity index (χ2n) is 4.55. The van der Waals surface area contributed by atoms with Crippen LogP contribution in [-0.4, -0.2) is 21.9 Å². The number of aromatic nitrogens is 2. The molecule has 4 nitrogen and oxygen atoms in total. The fourth-order valence-corrected chi connectivity index (χ4v) is 1.92. The highest BCUT2D eigenvalue weighted by atomic mass is 16.5. The Bertz CT molecular complexity index is 588. The van der Waals surface area contributed by atoms with E-state index in [1.54, 1.807) is 19.2 Å². The summed E-state index contributed by atoms with van der Waals surface area (Å²) in [5, 5.41) is 0. The first-order chi connectivity index (χ1) is 9.08. The molecule has 0 amide bonds. The third-order valence-electron chi connectivity index (χ3n) is 3.09.